The summed E-state index contributed by atoms with van der Waals surface area (Å²) in [6, 6.07) is 4.72. The highest BCUT2D eigenvalue weighted by molar-refractivity contribution is 6.34. The number of rotatable bonds is 5. The zero-order valence-corrected chi connectivity index (χ0v) is 11.4. The van der Waals surface area contributed by atoms with Crippen LogP contribution in [0, 0.1) is 0 Å². The lowest BCUT2D eigenvalue weighted by Gasteiger charge is -2.25. The second kappa shape index (κ2) is 6.07. The van der Waals surface area contributed by atoms with E-state index in [1.54, 1.807) is 12.1 Å². The number of nitrogens with two attached hydrogens (primary N) is 1. The van der Waals surface area contributed by atoms with Gasteiger partial charge >= 0.3 is 0 Å². The van der Waals surface area contributed by atoms with Crippen molar-refractivity contribution in [2.24, 2.45) is 0 Å². The van der Waals surface area contributed by atoms with Gasteiger partial charge in [0.25, 0.3) is 5.91 Å². The molecule has 100 valence electrons. The highest BCUT2D eigenvalue weighted by Gasteiger charge is 2.23. The zero-order valence-electron chi connectivity index (χ0n) is 10.7. The molecule has 0 radical (unpaired) electrons. The van der Waals surface area contributed by atoms with E-state index in [-0.39, 0.29) is 12.5 Å². The van der Waals surface area contributed by atoms with Crippen molar-refractivity contribution in [3.8, 4) is 0 Å². The van der Waals surface area contributed by atoms with Gasteiger partial charge in [-0.3, -0.25) is 4.79 Å². The number of nitrogens with one attached hydrogen (secondary N) is 1. The fourth-order valence-electron chi connectivity index (χ4n) is 1.56. The van der Waals surface area contributed by atoms with Crippen LogP contribution >= 0.6 is 11.6 Å². The van der Waals surface area contributed by atoms with Crippen LogP contribution in [0.5, 0.6) is 0 Å². The highest BCUT2D eigenvalue weighted by Crippen LogP contribution is 2.19. The van der Waals surface area contributed by atoms with Crippen LogP contribution in [0.4, 0.5) is 5.69 Å². The molecule has 1 amide bonds. The predicted molar refractivity (Wildman–Crippen MR) is 73.7 cm³/mol. The maximum absolute atomic E-state index is 11.9. The highest BCUT2D eigenvalue weighted by atomic mass is 35.5. The molecule has 0 unspecified atom stereocenters. The molecule has 4 N–H and O–H groups in total. The Kier molecular flexibility index (Phi) is 4.99. The second-order valence-electron chi connectivity index (χ2n) is 4.35. The van der Waals surface area contributed by atoms with Gasteiger partial charge in [-0.1, -0.05) is 25.4 Å². The molecule has 1 aromatic carbocycles. The van der Waals surface area contributed by atoms with Gasteiger partial charge < -0.3 is 16.2 Å². The number of hydrogen-bond acceptors (Lipinski definition) is 3. The molecule has 18 heavy (non-hydrogen) atoms. The van der Waals surface area contributed by atoms with Crippen molar-refractivity contribution in [3.05, 3.63) is 28.8 Å². The Morgan fingerprint density at radius 2 is 2.06 bits per heavy atom. The summed E-state index contributed by atoms with van der Waals surface area (Å²) in [4.78, 5) is 11.9. The summed E-state index contributed by atoms with van der Waals surface area (Å²) in [5, 5.41) is 13.1. The third-order valence-electron chi connectivity index (χ3n) is 3.13. The van der Waals surface area contributed by atoms with Gasteiger partial charge in [0.15, 0.2) is 0 Å². The van der Waals surface area contributed by atoms with Crippen molar-refractivity contribution in [2.75, 3.05) is 12.3 Å². The number of amides is 1. The Hall–Kier alpha value is -1.26. The largest absolute Gasteiger partial charge is 0.399 e. The van der Waals surface area contributed by atoms with Gasteiger partial charge in [-0.2, -0.15) is 0 Å². The standard InChI is InChI=1S/C13H19ClN2O2/c1-3-13(18,4-2)8-16-12(17)10-6-5-9(15)7-11(10)14/h5-7,18H,3-4,8,15H2,1-2H3,(H,16,17). The summed E-state index contributed by atoms with van der Waals surface area (Å²) in [5.74, 6) is -0.305. The average Bonchev–Trinajstić information content (AvgIpc) is 2.35. The molecule has 0 aromatic heterocycles. The van der Waals surface area contributed by atoms with E-state index in [1.165, 1.54) is 6.07 Å². The van der Waals surface area contributed by atoms with E-state index in [2.05, 4.69) is 5.32 Å². The molecule has 0 bridgehead atoms. The van der Waals surface area contributed by atoms with E-state index in [0.29, 0.717) is 29.1 Å². The number of halogens is 1. The van der Waals surface area contributed by atoms with E-state index < -0.39 is 5.60 Å². The Morgan fingerprint density at radius 3 is 2.56 bits per heavy atom. The van der Waals surface area contributed by atoms with Gasteiger partial charge in [0, 0.05) is 12.2 Å². The Labute approximate surface area is 112 Å². The van der Waals surface area contributed by atoms with Crippen LogP contribution in [0.3, 0.4) is 0 Å². The molecular weight excluding hydrogens is 252 g/mol. The first kappa shape index (κ1) is 14.8. The molecule has 0 aliphatic rings. The van der Waals surface area contributed by atoms with Crippen molar-refractivity contribution in [2.45, 2.75) is 32.3 Å². The molecular formula is C13H19ClN2O2. The minimum absolute atomic E-state index is 0.208. The van der Waals surface area contributed by atoms with Gasteiger partial charge in [0.05, 0.1) is 16.2 Å². The van der Waals surface area contributed by atoms with Crippen molar-refractivity contribution >= 4 is 23.2 Å². The number of nitrogen functional groups attached to an aromatic ring is 1. The number of carbonyl (C=O) groups excluding carboxylic acids is 1. The number of anilines is 1. The van der Waals surface area contributed by atoms with Crippen LogP contribution in [0.2, 0.25) is 5.02 Å². The lowest BCUT2D eigenvalue weighted by Crippen LogP contribution is -2.42. The quantitative estimate of drug-likeness (QED) is 0.718. The summed E-state index contributed by atoms with van der Waals surface area (Å²) in [5.41, 5.74) is 5.56. The van der Waals surface area contributed by atoms with Crippen LogP contribution < -0.4 is 11.1 Å². The number of benzene rings is 1. The van der Waals surface area contributed by atoms with Crippen molar-refractivity contribution in [1.82, 2.24) is 5.32 Å². The molecule has 0 spiro atoms. The smallest absolute Gasteiger partial charge is 0.252 e. The fraction of sp³-hybridized carbons (Fsp3) is 0.462. The summed E-state index contributed by atoms with van der Waals surface area (Å²) in [7, 11) is 0. The molecule has 1 rings (SSSR count). The van der Waals surface area contributed by atoms with Gasteiger partial charge in [-0.05, 0) is 31.0 Å². The van der Waals surface area contributed by atoms with Gasteiger partial charge in [0.1, 0.15) is 0 Å². The van der Waals surface area contributed by atoms with Crippen LogP contribution in [0.15, 0.2) is 18.2 Å². The predicted octanol–water partition coefficient (Wildman–Crippen LogP) is 2.20. The van der Waals surface area contributed by atoms with Gasteiger partial charge in [-0.25, -0.2) is 0 Å². The molecule has 0 aliphatic carbocycles. The SMILES string of the molecule is CCC(O)(CC)CNC(=O)c1ccc(N)cc1Cl. The van der Waals surface area contributed by atoms with Crippen molar-refractivity contribution in [1.29, 1.82) is 0 Å². The summed E-state index contributed by atoms with van der Waals surface area (Å²) in [6.45, 7) is 3.97. The topological polar surface area (TPSA) is 75.3 Å². The van der Waals surface area contributed by atoms with E-state index >= 15 is 0 Å². The first-order valence-electron chi connectivity index (χ1n) is 5.97. The lowest BCUT2D eigenvalue weighted by molar-refractivity contribution is 0.0314. The second-order valence-corrected chi connectivity index (χ2v) is 4.76. The molecule has 0 saturated heterocycles. The average molecular weight is 271 g/mol. The minimum atomic E-state index is -0.865. The zero-order chi connectivity index (χ0) is 13.8. The maximum atomic E-state index is 11.9. The third kappa shape index (κ3) is 3.62. The molecule has 0 aliphatic heterocycles. The van der Waals surface area contributed by atoms with Crippen LogP contribution in [0.1, 0.15) is 37.0 Å². The molecule has 0 atom stereocenters. The van der Waals surface area contributed by atoms with E-state index in [4.69, 9.17) is 17.3 Å². The summed E-state index contributed by atoms with van der Waals surface area (Å²) < 4.78 is 0. The first-order chi connectivity index (χ1) is 8.41. The van der Waals surface area contributed by atoms with Crippen LogP contribution in [0.25, 0.3) is 0 Å². The third-order valence-corrected chi connectivity index (χ3v) is 3.44. The minimum Gasteiger partial charge on any atom is -0.399 e. The van der Waals surface area contributed by atoms with E-state index in [0.717, 1.165) is 0 Å². The normalized spacial score (nSPS) is 11.3. The fourth-order valence-corrected chi connectivity index (χ4v) is 1.83. The van der Waals surface area contributed by atoms with E-state index in [1.807, 2.05) is 13.8 Å². The number of hydrogen-bond donors (Lipinski definition) is 3. The van der Waals surface area contributed by atoms with Gasteiger partial charge in [0.2, 0.25) is 0 Å². The summed E-state index contributed by atoms with van der Waals surface area (Å²) >= 11 is 5.94. The molecule has 0 fully saturated rings. The monoisotopic (exact) mass is 270 g/mol. The molecule has 0 heterocycles. The first-order valence-corrected chi connectivity index (χ1v) is 6.35. The number of carbonyl (C=O) groups is 1. The van der Waals surface area contributed by atoms with E-state index in [9.17, 15) is 9.90 Å². The maximum Gasteiger partial charge on any atom is 0.252 e. The Bertz CT molecular complexity index is 431. The Balaban J connectivity index is 2.71. The Morgan fingerprint density at radius 1 is 1.44 bits per heavy atom. The van der Waals surface area contributed by atoms with Crippen molar-refractivity contribution in [3.63, 3.8) is 0 Å². The number of aliphatic hydroxyl groups is 1. The van der Waals surface area contributed by atoms with Gasteiger partial charge in [-0.15, -0.1) is 0 Å². The van der Waals surface area contributed by atoms with Crippen LogP contribution in [-0.4, -0.2) is 23.2 Å². The molecule has 0 saturated carbocycles. The molecule has 4 nitrogen and oxygen atoms in total. The summed E-state index contributed by atoms with van der Waals surface area (Å²) in [6.07, 6.45) is 1.17. The lowest BCUT2D eigenvalue weighted by atomic mass is 9.97. The van der Waals surface area contributed by atoms with Crippen molar-refractivity contribution < 1.29 is 9.90 Å². The molecule has 5 heteroatoms. The van der Waals surface area contributed by atoms with Crippen LogP contribution in [-0.2, 0) is 0 Å². The molecule has 1 aromatic rings.